The second-order valence-electron chi connectivity index (χ2n) is 8.19. The van der Waals surface area contributed by atoms with E-state index in [0.717, 1.165) is 16.0 Å². The molecule has 3 aromatic carbocycles. The van der Waals surface area contributed by atoms with Crippen molar-refractivity contribution in [2.24, 2.45) is 0 Å². The van der Waals surface area contributed by atoms with Crippen molar-refractivity contribution >= 4 is 46.6 Å². The van der Waals surface area contributed by atoms with Crippen LogP contribution in [0.5, 0.6) is 5.75 Å². The number of hydrogen-bond donors (Lipinski definition) is 2. The monoisotopic (exact) mass is 523 g/mol. The number of halogens is 2. The third-order valence-corrected chi connectivity index (χ3v) is 6.41. The number of nitrogens with zero attached hydrogens (tertiary/aromatic N) is 1. The summed E-state index contributed by atoms with van der Waals surface area (Å²) in [5.74, 6) is -0.814. The fraction of sp³-hybridized carbons (Fsp3) is 0.148. The van der Waals surface area contributed by atoms with E-state index < -0.39 is 11.8 Å². The molecule has 0 aromatic heterocycles. The number of amides is 3. The van der Waals surface area contributed by atoms with E-state index in [1.807, 2.05) is 19.1 Å². The van der Waals surface area contributed by atoms with Gasteiger partial charge < -0.3 is 15.4 Å². The normalized spacial score (nSPS) is 13.3. The van der Waals surface area contributed by atoms with Crippen molar-refractivity contribution < 1.29 is 19.1 Å². The maximum absolute atomic E-state index is 12.9. The molecule has 1 aliphatic rings. The summed E-state index contributed by atoms with van der Waals surface area (Å²) in [7, 11) is 1.54. The van der Waals surface area contributed by atoms with Crippen LogP contribution in [-0.4, -0.2) is 29.7 Å². The summed E-state index contributed by atoms with van der Waals surface area (Å²) < 4.78 is 5.31. The van der Waals surface area contributed by atoms with Crippen LogP contribution in [-0.2, 0) is 22.7 Å². The van der Waals surface area contributed by atoms with E-state index in [9.17, 15) is 14.4 Å². The van der Waals surface area contributed by atoms with E-state index in [4.69, 9.17) is 27.9 Å². The van der Waals surface area contributed by atoms with Gasteiger partial charge >= 0.3 is 0 Å². The molecule has 9 heteroatoms. The summed E-state index contributed by atoms with van der Waals surface area (Å²) in [4.78, 5) is 39.2. The van der Waals surface area contributed by atoms with Crippen molar-refractivity contribution in [3.63, 3.8) is 0 Å². The minimum Gasteiger partial charge on any atom is -0.495 e. The zero-order chi connectivity index (χ0) is 25.8. The molecule has 4 rings (SSSR count). The van der Waals surface area contributed by atoms with Gasteiger partial charge in [-0.15, -0.1) is 0 Å². The molecule has 0 saturated heterocycles. The van der Waals surface area contributed by atoms with Gasteiger partial charge in [-0.1, -0.05) is 59.6 Å². The van der Waals surface area contributed by atoms with Crippen molar-refractivity contribution in [3.8, 4) is 5.75 Å². The number of carbonyl (C=O) groups is 3. The van der Waals surface area contributed by atoms with E-state index in [2.05, 4.69) is 10.6 Å². The van der Waals surface area contributed by atoms with Crippen LogP contribution in [0, 0.1) is 6.92 Å². The Morgan fingerprint density at radius 2 is 1.69 bits per heavy atom. The Hall–Kier alpha value is -3.81. The number of ether oxygens (including phenoxy) is 1. The van der Waals surface area contributed by atoms with Gasteiger partial charge in [0.15, 0.2) is 0 Å². The number of imide groups is 1. The van der Waals surface area contributed by atoms with Gasteiger partial charge in [-0.25, -0.2) is 0 Å². The molecule has 0 spiro atoms. The van der Waals surface area contributed by atoms with Gasteiger partial charge in [0.2, 0.25) is 0 Å². The van der Waals surface area contributed by atoms with Gasteiger partial charge in [0.25, 0.3) is 17.7 Å². The Morgan fingerprint density at radius 3 is 2.39 bits per heavy atom. The summed E-state index contributed by atoms with van der Waals surface area (Å²) in [5, 5.41) is 6.10. The average molecular weight is 524 g/mol. The predicted octanol–water partition coefficient (Wildman–Crippen LogP) is 5.02. The smallest absolute Gasteiger partial charge is 0.278 e. The third kappa shape index (κ3) is 5.37. The van der Waals surface area contributed by atoms with E-state index in [-0.39, 0.29) is 29.7 Å². The van der Waals surface area contributed by atoms with Crippen LogP contribution in [0.3, 0.4) is 0 Å². The first-order chi connectivity index (χ1) is 17.3. The summed E-state index contributed by atoms with van der Waals surface area (Å²) in [6.07, 6.45) is 0. The Bertz CT molecular complexity index is 1370. The molecule has 0 bridgehead atoms. The SMILES string of the molecule is COc1ccc(C)cc1NC(=O)c1ccc(CNC2=C(Cl)C(=O)N(Cc3ccccc3Cl)C2=O)cc1. The number of benzene rings is 3. The van der Waals surface area contributed by atoms with Gasteiger partial charge in [0, 0.05) is 17.1 Å². The van der Waals surface area contributed by atoms with Gasteiger partial charge in [-0.3, -0.25) is 19.3 Å². The molecule has 3 amide bonds. The number of hydrogen-bond acceptors (Lipinski definition) is 5. The Morgan fingerprint density at radius 1 is 0.972 bits per heavy atom. The lowest BCUT2D eigenvalue weighted by Gasteiger charge is -2.16. The summed E-state index contributed by atoms with van der Waals surface area (Å²) in [6, 6.07) is 19.4. The van der Waals surface area contributed by atoms with E-state index in [1.165, 1.54) is 0 Å². The molecular formula is C27H23Cl2N3O4. The molecule has 0 saturated carbocycles. The fourth-order valence-electron chi connectivity index (χ4n) is 3.72. The van der Waals surface area contributed by atoms with Gasteiger partial charge in [-0.05, 0) is 53.9 Å². The highest BCUT2D eigenvalue weighted by atomic mass is 35.5. The zero-order valence-corrected chi connectivity index (χ0v) is 21.1. The summed E-state index contributed by atoms with van der Waals surface area (Å²) >= 11 is 12.3. The van der Waals surface area contributed by atoms with Gasteiger partial charge in [0.1, 0.15) is 16.5 Å². The topological polar surface area (TPSA) is 87.7 Å². The fourth-order valence-corrected chi connectivity index (χ4v) is 4.16. The Kier molecular flexibility index (Phi) is 7.62. The standard InChI is InChI=1S/C27H23Cl2N3O4/c1-16-7-12-22(36-2)21(13-16)31-25(33)18-10-8-17(9-11-18)14-30-24-23(29)26(34)32(27(24)35)15-19-5-3-4-6-20(19)28/h3-13,30H,14-15H2,1-2H3,(H,31,33). The minimum atomic E-state index is -0.581. The first-order valence-electron chi connectivity index (χ1n) is 11.1. The first-order valence-corrected chi connectivity index (χ1v) is 11.8. The van der Waals surface area contributed by atoms with Crippen LogP contribution in [0.25, 0.3) is 0 Å². The molecule has 7 nitrogen and oxygen atoms in total. The highest BCUT2D eigenvalue weighted by molar-refractivity contribution is 6.47. The molecule has 2 N–H and O–H groups in total. The number of anilines is 1. The quantitative estimate of drug-likeness (QED) is 0.405. The first kappa shape index (κ1) is 25.3. The number of aryl methyl sites for hydroxylation is 1. The second kappa shape index (κ2) is 10.8. The van der Waals surface area contributed by atoms with Crippen LogP contribution in [0.2, 0.25) is 5.02 Å². The largest absolute Gasteiger partial charge is 0.495 e. The number of methoxy groups -OCH3 is 1. The predicted molar refractivity (Wildman–Crippen MR) is 139 cm³/mol. The summed E-state index contributed by atoms with van der Waals surface area (Å²) in [5.41, 5.74) is 3.50. The van der Waals surface area contributed by atoms with Crippen molar-refractivity contribution in [2.75, 3.05) is 12.4 Å². The van der Waals surface area contributed by atoms with Crippen LogP contribution in [0.1, 0.15) is 27.0 Å². The third-order valence-electron chi connectivity index (χ3n) is 5.69. The van der Waals surface area contributed by atoms with Gasteiger partial charge in [-0.2, -0.15) is 0 Å². The van der Waals surface area contributed by atoms with Gasteiger partial charge in [0.05, 0.1) is 19.3 Å². The number of nitrogens with one attached hydrogen (secondary N) is 2. The maximum atomic E-state index is 12.9. The molecule has 0 aliphatic carbocycles. The molecular weight excluding hydrogens is 501 g/mol. The number of carbonyl (C=O) groups excluding carboxylic acids is 3. The van der Waals surface area contributed by atoms with E-state index >= 15 is 0 Å². The number of rotatable bonds is 8. The Labute approximate surface area is 218 Å². The average Bonchev–Trinajstić information content (AvgIpc) is 3.07. The molecule has 1 aliphatic heterocycles. The second-order valence-corrected chi connectivity index (χ2v) is 8.97. The molecule has 36 heavy (non-hydrogen) atoms. The summed E-state index contributed by atoms with van der Waals surface area (Å²) in [6.45, 7) is 2.18. The minimum absolute atomic E-state index is 0.0221. The lowest BCUT2D eigenvalue weighted by Crippen LogP contribution is -2.33. The lowest BCUT2D eigenvalue weighted by molar-refractivity contribution is -0.138. The zero-order valence-electron chi connectivity index (χ0n) is 19.6. The highest BCUT2D eigenvalue weighted by Crippen LogP contribution is 2.27. The molecule has 0 unspecified atom stereocenters. The highest BCUT2D eigenvalue weighted by Gasteiger charge is 2.37. The van der Waals surface area contributed by atoms with Crippen molar-refractivity contribution in [3.05, 3.63) is 105 Å². The maximum Gasteiger partial charge on any atom is 0.278 e. The molecule has 0 fully saturated rings. The molecule has 0 radical (unpaired) electrons. The Balaban J connectivity index is 1.39. The van der Waals surface area contributed by atoms with Crippen LogP contribution in [0.4, 0.5) is 5.69 Å². The lowest BCUT2D eigenvalue weighted by atomic mass is 10.1. The molecule has 1 heterocycles. The van der Waals surface area contributed by atoms with Crippen LogP contribution in [0.15, 0.2) is 77.5 Å². The molecule has 3 aromatic rings. The van der Waals surface area contributed by atoms with E-state index in [1.54, 1.807) is 61.7 Å². The van der Waals surface area contributed by atoms with E-state index in [0.29, 0.717) is 27.6 Å². The molecule has 184 valence electrons. The molecule has 0 atom stereocenters. The van der Waals surface area contributed by atoms with Crippen molar-refractivity contribution in [1.82, 2.24) is 10.2 Å². The van der Waals surface area contributed by atoms with Crippen molar-refractivity contribution in [1.29, 1.82) is 0 Å². The van der Waals surface area contributed by atoms with Crippen molar-refractivity contribution in [2.45, 2.75) is 20.0 Å². The van der Waals surface area contributed by atoms with Crippen LogP contribution >= 0.6 is 23.2 Å². The van der Waals surface area contributed by atoms with Crippen LogP contribution < -0.4 is 15.4 Å².